The van der Waals surface area contributed by atoms with Gasteiger partial charge < -0.3 is 0 Å². The monoisotopic (exact) mass is 756 g/mol. The molecule has 0 bridgehead atoms. The first-order chi connectivity index (χ1) is 25.8. The number of benzene rings is 8. The second-order valence-corrected chi connectivity index (χ2v) is 17.3. The van der Waals surface area contributed by atoms with E-state index in [4.69, 9.17) is 0 Å². The second-order valence-electron chi connectivity index (χ2n) is 13.0. The first-order valence-corrected chi connectivity index (χ1v) is 20.5. The molecule has 256 valence electrons. The quantitative estimate of drug-likeness (QED) is 0.0900. The van der Waals surface area contributed by atoms with Gasteiger partial charge in [-0.1, -0.05) is 170 Å². The Morgan fingerprint density at radius 2 is 0.528 bits per heavy atom. The van der Waals surface area contributed by atoms with Crippen molar-refractivity contribution in [1.29, 1.82) is 0 Å². The van der Waals surface area contributed by atoms with Crippen molar-refractivity contribution in [3.05, 3.63) is 218 Å². The van der Waals surface area contributed by atoms with Gasteiger partial charge in [-0.2, -0.15) is 24.3 Å². The summed E-state index contributed by atoms with van der Waals surface area (Å²) in [6.07, 6.45) is 0. The van der Waals surface area contributed by atoms with Gasteiger partial charge >= 0.3 is 16.5 Å². The van der Waals surface area contributed by atoms with Crippen molar-refractivity contribution in [3.8, 4) is 0 Å². The van der Waals surface area contributed by atoms with Gasteiger partial charge in [0, 0.05) is 0 Å². The van der Waals surface area contributed by atoms with E-state index >= 15 is 0 Å². The van der Waals surface area contributed by atoms with Crippen molar-refractivity contribution < 1.29 is 16.5 Å². The molecule has 0 aromatic heterocycles. The van der Waals surface area contributed by atoms with Crippen LogP contribution in [0.4, 0.5) is 0 Å². The summed E-state index contributed by atoms with van der Waals surface area (Å²) < 4.78 is 0. The van der Waals surface area contributed by atoms with Crippen LogP contribution in [-0.2, 0) is 16.5 Å². The maximum atomic E-state index is 2.31. The van der Waals surface area contributed by atoms with Crippen molar-refractivity contribution in [2.45, 2.75) is 0 Å². The molecule has 10 rings (SSSR count). The van der Waals surface area contributed by atoms with Gasteiger partial charge in [0.1, 0.15) is 0 Å². The molecular weight excluding hydrogens is 721 g/mol. The van der Waals surface area contributed by atoms with Crippen LogP contribution in [0, 0.1) is 0 Å². The molecule has 0 heterocycles. The summed E-state index contributed by atoms with van der Waals surface area (Å²) in [6.45, 7) is 0. The van der Waals surface area contributed by atoms with Crippen LogP contribution in [0.1, 0.15) is 0 Å². The number of rotatable bonds is 6. The average molecular weight is 757 g/mol. The van der Waals surface area contributed by atoms with Gasteiger partial charge in [0.15, 0.2) is 0 Å². The smallest absolute Gasteiger partial charge is 0.213 e. The minimum atomic E-state index is -0.609. The Labute approximate surface area is 323 Å². The molecule has 0 fully saturated rings. The minimum Gasteiger partial charge on any atom is -0.213 e. The Hall–Kier alpha value is -5.15. The van der Waals surface area contributed by atoms with E-state index in [9.17, 15) is 0 Å². The Balaban J connectivity index is 0.000000148. The summed E-state index contributed by atoms with van der Waals surface area (Å²) in [5.41, 5.74) is 0. The van der Waals surface area contributed by atoms with E-state index in [0.29, 0.717) is 0 Å². The van der Waals surface area contributed by atoms with Crippen molar-refractivity contribution in [2.24, 2.45) is 0 Å². The third-order valence-electron chi connectivity index (χ3n) is 9.84. The fourth-order valence-corrected chi connectivity index (χ4v) is 12.7. The molecule has 10 aromatic rings. The van der Waals surface area contributed by atoms with Crippen LogP contribution in [-0.4, -0.2) is 0 Å². The Bertz CT molecular complexity index is 2390. The number of hydrogen-bond donors (Lipinski definition) is 0. The zero-order valence-electron chi connectivity index (χ0n) is 29.0. The SMILES string of the molecule is [Ni+2].c1c[cH-]c(P(c2cccc3ccccc23)c2cccc3ccccc23)c1.c1c[cH-]c(P(c2cccc3ccccc23)c2cccc3ccccc23)c1. The third-order valence-corrected chi connectivity index (χ3v) is 15.0. The van der Waals surface area contributed by atoms with Crippen LogP contribution in [0.5, 0.6) is 0 Å². The number of hydrogen-bond acceptors (Lipinski definition) is 0. The summed E-state index contributed by atoms with van der Waals surface area (Å²) in [6, 6.07) is 79.5. The molecule has 0 unspecified atom stereocenters. The predicted octanol–water partition coefficient (Wildman–Crippen LogP) is 10.9. The standard InChI is InChI=1S/2C25H18P.Ni/c2*1-5-15-22-19(9-1)11-7-17-24(22)26(21-13-3-4-14-21)25-18-8-12-20-10-2-6-16-23(20)25;/h2*1-18H;/q2*-1;+2. The van der Waals surface area contributed by atoms with Gasteiger partial charge in [0.25, 0.3) is 0 Å². The van der Waals surface area contributed by atoms with Crippen molar-refractivity contribution in [3.63, 3.8) is 0 Å². The Morgan fingerprint density at radius 3 is 0.792 bits per heavy atom. The van der Waals surface area contributed by atoms with Crippen molar-refractivity contribution >= 4 is 90.8 Å². The van der Waals surface area contributed by atoms with E-state index in [-0.39, 0.29) is 16.5 Å². The molecule has 0 aliphatic rings. The van der Waals surface area contributed by atoms with Crippen LogP contribution in [0.2, 0.25) is 0 Å². The van der Waals surface area contributed by atoms with Crippen LogP contribution in [0.3, 0.4) is 0 Å². The van der Waals surface area contributed by atoms with Gasteiger partial charge in [-0.15, -0.1) is 10.6 Å². The molecule has 0 spiro atoms. The Kier molecular flexibility index (Phi) is 10.4. The van der Waals surface area contributed by atoms with Crippen molar-refractivity contribution in [2.75, 3.05) is 0 Å². The second kappa shape index (κ2) is 15.8. The van der Waals surface area contributed by atoms with E-state index in [1.165, 1.54) is 74.9 Å². The van der Waals surface area contributed by atoms with Crippen LogP contribution >= 0.6 is 15.8 Å². The Morgan fingerprint density at radius 1 is 0.264 bits per heavy atom. The van der Waals surface area contributed by atoms with Crippen LogP contribution in [0.15, 0.2) is 218 Å². The summed E-state index contributed by atoms with van der Waals surface area (Å²) >= 11 is 0. The molecule has 3 heteroatoms. The van der Waals surface area contributed by atoms with E-state index in [1.54, 1.807) is 0 Å². The van der Waals surface area contributed by atoms with E-state index in [1.807, 2.05) is 0 Å². The van der Waals surface area contributed by atoms with Crippen LogP contribution < -0.4 is 31.8 Å². The topological polar surface area (TPSA) is 0 Å². The molecule has 10 aromatic carbocycles. The number of fused-ring (bicyclic) bond motifs is 4. The molecule has 0 amide bonds. The maximum absolute atomic E-state index is 2.31. The summed E-state index contributed by atoms with van der Waals surface area (Å²) in [4.78, 5) is 0. The minimum absolute atomic E-state index is 0. The summed E-state index contributed by atoms with van der Waals surface area (Å²) in [5.74, 6) is 0. The summed E-state index contributed by atoms with van der Waals surface area (Å²) in [5, 5.41) is 19.2. The average Bonchev–Trinajstić information content (AvgIpc) is 3.95. The van der Waals surface area contributed by atoms with Gasteiger partial charge in [-0.3, -0.25) is 0 Å². The predicted molar refractivity (Wildman–Crippen MR) is 232 cm³/mol. The zero-order chi connectivity index (χ0) is 34.7. The first kappa shape index (κ1) is 34.9. The molecule has 0 aliphatic heterocycles. The van der Waals surface area contributed by atoms with E-state index < -0.39 is 15.8 Å². The normalized spacial score (nSPS) is 11.2. The van der Waals surface area contributed by atoms with Crippen LogP contribution in [0.25, 0.3) is 43.1 Å². The van der Waals surface area contributed by atoms with E-state index in [2.05, 4.69) is 218 Å². The molecule has 0 nitrogen and oxygen atoms in total. The molecule has 0 saturated carbocycles. The largest absolute Gasteiger partial charge is 2.00 e. The van der Waals surface area contributed by atoms with Crippen molar-refractivity contribution in [1.82, 2.24) is 0 Å². The fraction of sp³-hybridized carbons (Fsp3) is 0. The van der Waals surface area contributed by atoms with Gasteiger partial charge in [0.05, 0.1) is 0 Å². The van der Waals surface area contributed by atoms with Gasteiger partial charge in [-0.05, 0) is 80.2 Å². The molecule has 53 heavy (non-hydrogen) atoms. The third kappa shape index (κ3) is 6.90. The molecule has 0 saturated heterocycles. The van der Waals surface area contributed by atoms with Gasteiger partial charge in [0.2, 0.25) is 0 Å². The first-order valence-electron chi connectivity index (χ1n) is 17.8. The summed E-state index contributed by atoms with van der Waals surface area (Å²) in [7, 11) is -1.22. The fourth-order valence-electron chi connectivity index (χ4n) is 7.45. The molecule has 0 aliphatic carbocycles. The maximum Gasteiger partial charge on any atom is 2.00 e. The molecule has 0 radical (unpaired) electrons. The molecule has 0 atom stereocenters. The van der Waals surface area contributed by atoms with Gasteiger partial charge in [-0.25, -0.2) is 24.3 Å². The van der Waals surface area contributed by atoms with E-state index in [0.717, 1.165) is 0 Å². The molecular formula is C50H36NiP2. The molecule has 0 N–H and O–H groups in total. The zero-order valence-corrected chi connectivity index (χ0v) is 31.8.